The number of ether oxygens (including phenoxy) is 2. The van der Waals surface area contributed by atoms with Gasteiger partial charge in [0, 0.05) is 29.6 Å². The smallest absolute Gasteiger partial charge is 0.201 e. The van der Waals surface area contributed by atoms with Crippen LogP contribution in [0.3, 0.4) is 0 Å². The zero-order chi connectivity index (χ0) is 34.3. The Hall–Kier alpha value is -1.44. The molecule has 4 heterocycles. The number of fused-ring (bicyclic) bond motifs is 4. The predicted octanol–water partition coefficient (Wildman–Crippen LogP) is 11.2. The van der Waals surface area contributed by atoms with Gasteiger partial charge in [-0.25, -0.2) is 0 Å². The fraction of sp³-hybridized carbons (Fsp3) is 0.698. The van der Waals surface area contributed by atoms with Gasteiger partial charge in [-0.2, -0.15) is 11.8 Å². The lowest BCUT2D eigenvalue weighted by Crippen LogP contribution is -2.60. The highest BCUT2D eigenvalue weighted by molar-refractivity contribution is 8.00. The number of hydrogen-bond donors (Lipinski definition) is 0. The van der Waals surface area contributed by atoms with Crippen molar-refractivity contribution in [3.63, 3.8) is 0 Å². The van der Waals surface area contributed by atoms with Gasteiger partial charge in [0.05, 0.1) is 23.4 Å². The zero-order valence-corrected chi connectivity index (χ0v) is 33.3. The number of allylic oxidation sites excluding steroid dienone is 1. The molecule has 11 atom stereocenters. The molecule has 4 nitrogen and oxygen atoms in total. The maximum Gasteiger partial charge on any atom is 0.201 e. The van der Waals surface area contributed by atoms with E-state index < -0.39 is 8.32 Å². The van der Waals surface area contributed by atoms with E-state index >= 15 is 0 Å². The predicted molar refractivity (Wildman–Crippen MR) is 207 cm³/mol. The Bertz CT molecular complexity index is 1640. The Labute approximate surface area is 301 Å². The van der Waals surface area contributed by atoms with Gasteiger partial charge < -0.3 is 13.9 Å². The average molecular weight is 700 g/mol. The maximum atomic E-state index is 7.85. The summed E-state index contributed by atoms with van der Waals surface area (Å²) in [6, 6.07) is 10.4. The molecule has 2 bridgehead atoms. The van der Waals surface area contributed by atoms with Crippen LogP contribution < -0.4 is 0 Å². The van der Waals surface area contributed by atoms with Crippen LogP contribution in [0.25, 0.3) is 10.8 Å². The summed E-state index contributed by atoms with van der Waals surface area (Å²) >= 11 is 2.13. The Morgan fingerprint density at radius 1 is 1.02 bits per heavy atom. The molecule has 8 rings (SSSR count). The first-order chi connectivity index (χ1) is 23.4. The van der Waals surface area contributed by atoms with Crippen LogP contribution in [0.5, 0.6) is 0 Å². The molecule has 3 aliphatic heterocycles. The maximum absolute atomic E-state index is 7.85. The fourth-order valence-electron chi connectivity index (χ4n) is 12.2. The first kappa shape index (κ1) is 34.6. The van der Waals surface area contributed by atoms with Gasteiger partial charge in [-0.3, -0.25) is 4.98 Å². The minimum atomic E-state index is -2.17. The highest BCUT2D eigenvalue weighted by atomic mass is 32.2. The van der Waals surface area contributed by atoms with Crippen molar-refractivity contribution in [2.24, 2.45) is 17.3 Å². The minimum Gasteiger partial charge on any atom is -0.407 e. The van der Waals surface area contributed by atoms with Gasteiger partial charge in [-0.1, -0.05) is 79.7 Å². The molecule has 2 spiro atoms. The molecule has 1 aromatic carbocycles. The van der Waals surface area contributed by atoms with E-state index in [-0.39, 0.29) is 28.8 Å². The van der Waals surface area contributed by atoms with Gasteiger partial charge in [0.1, 0.15) is 0 Å². The highest BCUT2D eigenvalue weighted by Gasteiger charge is 2.69. The van der Waals surface area contributed by atoms with E-state index in [1.165, 1.54) is 53.2 Å². The normalized spacial score (nSPS) is 41.0. The Balaban J connectivity index is 1.13. The monoisotopic (exact) mass is 699 g/mol. The SMILES string of the molecule is CC(C)SC(C)CCC(C)[Si]1(C(C)C)CCOC2C(C)CC34CCC5(O3)C(=CCC3(C)C(c6ccc7ccncc7c6)CCC53)C=C4C2O1. The number of pyridine rings is 1. The lowest BCUT2D eigenvalue weighted by atomic mass is 9.58. The van der Waals surface area contributed by atoms with E-state index in [4.69, 9.17) is 13.9 Å². The van der Waals surface area contributed by atoms with Crippen molar-refractivity contribution < 1.29 is 13.9 Å². The Kier molecular flexibility index (Phi) is 8.91. The van der Waals surface area contributed by atoms with Crippen molar-refractivity contribution in [3.8, 4) is 0 Å². The van der Waals surface area contributed by atoms with Crippen LogP contribution in [0.4, 0.5) is 0 Å². The molecule has 6 heteroatoms. The van der Waals surface area contributed by atoms with Gasteiger partial charge >= 0.3 is 0 Å². The van der Waals surface area contributed by atoms with Gasteiger partial charge in [0.2, 0.25) is 8.32 Å². The summed E-state index contributed by atoms with van der Waals surface area (Å²) in [6.45, 7) is 20.4. The van der Waals surface area contributed by atoms with Crippen LogP contribution in [-0.2, 0) is 13.9 Å². The molecule has 6 aliphatic rings. The lowest BCUT2D eigenvalue weighted by molar-refractivity contribution is -0.165. The molecule has 2 aromatic rings. The van der Waals surface area contributed by atoms with E-state index in [0.29, 0.717) is 39.3 Å². The summed E-state index contributed by atoms with van der Waals surface area (Å²) in [5.74, 6) is 1.48. The van der Waals surface area contributed by atoms with Crippen LogP contribution in [0.2, 0.25) is 17.1 Å². The summed E-state index contributed by atoms with van der Waals surface area (Å²) in [5, 5.41) is 3.91. The second kappa shape index (κ2) is 12.6. The van der Waals surface area contributed by atoms with Gasteiger partial charge in [-0.15, -0.1) is 0 Å². The number of hydrogen-bond acceptors (Lipinski definition) is 5. The number of nitrogens with zero attached hydrogens (tertiary/aromatic N) is 1. The van der Waals surface area contributed by atoms with Crippen molar-refractivity contribution in [1.29, 1.82) is 0 Å². The molecule has 0 radical (unpaired) electrons. The number of aromatic nitrogens is 1. The Morgan fingerprint density at radius 2 is 1.86 bits per heavy atom. The number of thioether (sulfide) groups is 1. The van der Waals surface area contributed by atoms with Gasteiger partial charge in [0.15, 0.2) is 0 Å². The summed E-state index contributed by atoms with van der Waals surface area (Å²) in [7, 11) is -2.17. The highest BCUT2D eigenvalue weighted by Crippen LogP contribution is 2.70. The molecule has 0 N–H and O–H groups in total. The van der Waals surface area contributed by atoms with Crippen molar-refractivity contribution >= 4 is 30.9 Å². The molecule has 1 aromatic heterocycles. The molecular formula is C43H61NO3SSi. The minimum absolute atomic E-state index is 0.0121. The van der Waals surface area contributed by atoms with Crippen LogP contribution in [0.1, 0.15) is 118 Å². The van der Waals surface area contributed by atoms with E-state index in [9.17, 15) is 0 Å². The Morgan fingerprint density at radius 3 is 2.65 bits per heavy atom. The molecule has 2 saturated carbocycles. The molecule has 49 heavy (non-hydrogen) atoms. The van der Waals surface area contributed by atoms with Crippen molar-refractivity contribution in [3.05, 3.63) is 65.5 Å². The molecular weight excluding hydrogens is 639 g/mol. The average Bonchev–Trinajstić information content (AvgIpc) is 3.48. The van der Waals surface area contributed by atoms with Crippen LogP contribution in [0.15, 0.2) is 60.0 Å². The third-order valence-corrected chi connectivity index (χ3v) is 21.5. The van der Waals surface area contributed by atoms with Crippen molar-refractivity contribution in [1.82, 2.24) is 4.98 Å². The van der Waals surface area contributed by atoms with Gasteiger partial charge in [-0.05, 0) is 131 Å². The third-order valence-electron chi connectivity index (χ3n) is 14.6. The fourth-order valence-corrected chi connectivity index (χ4v) is 18.1. The molecule has 4 fully saturated rings. The standard InChI is InChI=1S/C43H61NO3SSi/c1-27(2)48-30(6)9-10-31(7)49(28(3)4)22-21-45-39-29(5)25-42-18-19-43(47-42)35(24-37(42)40(39)46-49)15-17-41(8)36(13-14-38(41)43)33-12-11-32-16-20-44-26-34(32)23-33/h11-12,15-16,20,23-24,26-31,36,38-40H,9-10,13-14,17-19,21-22,25H2,1-8H3. The largest absolute Gasteiger partial charge is 0.407 e. The lowest BCUT2D eigenvalue weighted by Gasteiger charge is -2.56. The van der Waals surface area contributed by atoms with E-state index in [1.807, 2.05) is 12.4 Å². The van der Waals surface area contributed by atoms with Crippen molar-refractivity contribution in [2.75, 3.05) is 6.61 Å². The quantitative estimate of drug-likeness (QED) is 0.257. The van der Waals surface area contributed by atoms with Gasteiger partial charge in [0.25, 0.3) is 0 Å². The molecule has 0 amide bonds. The third kappa shape index (κ3) is 5.42. The van der Waals surface area contributed by atoms with Crippen LogP contribution >= 0.6 is 11.8 Å². The van der Waals surface area contributed by atoms with Crippen molar-refractivity contribution in [2.45, 2.75) is 164 Å². The molecule has 3 aliphatic carbocycles. The van der Waals surface area contributed by atoms with Crippen LogP contribution in [0, 0.1) is 17.3 Å². The topological polar surface area (TPSA) is 40.6 Å². The number of rotatable bonds is 8. The molecule has 266 valence electrons. The van der Waals surface area contributed by atoms with E-state index in [0.717, 1.165) is 38.3 Å². The summed E-state index contributed by atoms with van der Waals surface area (Å²) in [6.07, 6.45) is 18.7. The second-order valence-electron chi connectivity index (χ2n) is 18.0. The second-order valence-corrected chi connectivity index (χ2v) is 24.8. The first-order valence-corrected chi connectivity index (χ1v) is 23.0. The summed E-state index contributed by atoms with van der Waals surface area (Å²) in [5.41, 5.74) is 5.32. The first-order valence-electron chi connectivity index (χ1n) is 19.8. The molecule has 11 unspecified atom stereocenters. The summed E-state index contributed by atoms with van der Waals surface area (Å²) in [4.78, 5) is 4.44. The van der Waals surface area contributed by atoms with E-state index in [1.54, 1.807) is 0 Å². The summed E-state index contributed by atoms with van der Waals surface area (Å²) < 4.78 is 22.6. The number of benzene rings is 1. The van der Waals surface area contributed by atoms with E-state index in [2.05, 4.69) is 109 Å². The zero-order valence-electron chi connectivity index (χ0n) is 31.5. The molecule has 2 saturated heterocycles. The van der Waals surface area contributed by atoms with Crippen LogP contribution in [-0.4, -0.2) is 53.8 Å².